The minimum absolute atomic E-state index is 0.121. The highest BCUT2D eigenvalue weighted by atomic mass is 32.1. The van der Waals surface area contributed by atoms with E-state index in [0.29, 0.717) is 18.8 Å². The summed E-state index contributed by atoms with van der Waals surface area (Å²) in [5, 5.41) is 2.65. The second kappa shape index (κ2) is 9.28. The maximum Gasteiger partial charge on any atom is 0.246 e. The number of halogens is 1. The van der Waals surface area contributed by atoms with Crippen molar-refractivity contribution in [2.24, 2.45) is 0 Å². The number of ether oxygens (including phenoxy) is 1. The zero-order chi connectivity index (χ0) is 19.9. The smallest absolute Gasteiger partial charge is 0.246 e. The van der Waals surface area contributed by atoms with Crippen LogP contribution in [0.2, 0.25) is 0 Å². The Morgan fingerprint density at radius 1 is 1.21 bits per heavy atom. The Bertz CT molecular complexity index is 967. The van der Waals surface area contributed by atoms with Crippen molar-refractivity contribution in [2.75, 3.05) is 20.2 Å². The van der Waals surface area contributed by atoms with Crippen molar-refractivity contribution in [1.29, 1.82) is 0 Å². The van der Waals surface area contributed by atoms with Crippen LogP contribution in [0.5, 0.6) is 5.75 Å². The molecule has 0 spiro atoms. The van der Waals surface area contributed by atoms with Crippen LogP contribution in [-0.2, 0) is 4.79 Å². The molecule has 0 radical (unpaired) electrons. The number of benzene rings is 2. The molecule has 0 N–H and O–H groups in total. The Morgan fingerprint density at radius 3 is 2.71 bits per heavy atom. The number of carbonyl (C=O) groups excluding carboxylic acids is 1. The third-order valence-electron chi connectivity index (χ3n) is 4.16. The Morgan fingerprint density at radius 2 is 1.96 bits per heavy atom. The summed E-state index contributed by atoms with van der Waals surface area (Å²) in [7, 11) is 1.73. The average Bonchev–Trinajstić information content (AvgIpc) is 3.17. The number of hydrogen-bond donors (Lipinski definition) is 0. The van der Waals surface area contributed by atoms with Crippen LogP contribution in [0.1, 0.15) is 11.3 Å². The highest BCUT2D eigenvalue weighted by Gasteiger charge is 2.07. The average molecular weight is 396 g/mol. The van der Waals surface area contributed by atoms with Gasteiger partial charge in [0.05, 0.1) is 12.2 Å². The zero-order valence-corrected chi connectivity index (χ0v) is 16.6. The fraction of sp³-hybridized carbons (Fsp3) is 0.182. The molecule has 2 aromatic carbocycles. The second-order valence-corrected chi connectivity index (χ2v) is 7.15. The summed E-state index contributed by atoms with van der Waals surface area (Å²) in [6.07, 6.45) is 3.18. The standard InChI is InChI=1S/C22H21FN2O2S/c1-16-5-3-4-6-20(16)27-14-13-25(2)21(26)12-11-19-15-28-22(24-19)17-7-9-18(23)10-8-17/h3-12,15H,13-14H2,1-2H3/b12-11+. The number of hydrogen-bond acceptors (Lipinski definition) is 4. The molecule has 6 heteroatoms. The van der Waals surface area contributed by atoms with E-state index in [0.717, 1.165) is 21.9 Å². The highest BCUT2D eigenvalue weighted by molar-refractivity contribution is 7.13. The number of likely N-dealkylation sites (N-methyl/N-ethyl adjacent to an activating group) is 1. The predicted molar refractivity (Wildman–Crippen MR) is 111 cm³/mol. The Hall–Kier alpha value is -2.99. The molecule has 0 aliphatic carbocycles. The van der Waals surface area contributed by atoms with Gasteiger partial charge in [-0.25, -0.2) is 9.37 Å². The summed E-state index contributed by atoms with van der Waals surface area (Å²) >= 11 is 1.45. The fourth-order valence-electron chi connectivity index (χ4n) is 2.49. The maximum atomic E-state index is 13.0. The van der Waals surface area contributed by atoms with Gasteiger partial charge in [0.1, 0.15) is 23.2 Å². The topological polar surface area (TPSA) is 42.4 Å². The molecule has 0 atom stereocenters. The molecular weight excluding hydrogens is 375 g/mol. The summed E-state index contributed by atoms with van der Waals surface area (Å²) in [5.74, 6) is 0.430. The summed E-state index contributed by atoms with van der Waals surface area (Å²) in [6.45, 7) is 2.89. The second-order valence-electron chi connectivity index (χ2n) is 6.29. The van der Waals surface area contributed by atoms with E-state index in [1.165, 1.54) is 29.5 Å². The Balaban J connectivity index is 1.51. The van der Waals surface area contributed by atoms with Gasteiger partial charge < -0.3 is 9.64 Å². The minimum atomic E-state index is -0.277. The number of para-hydroxylation sites is 1. The normalized spacial score (nSPS) is 11.0. The van der Waals surface area contributed by atoms with Crippen molar-refractivity contribution in [3.8, 4) is 16.3 Å². The SMILES string of the molecule is Cc1ccccc1OCCN(C)C(=O)/C=C/c1csc(-c2ccc(F)cc2)n1. The summed E-state index contributed by atoms with van der Waals surface area (Å²) in [6, 6.07) is 14.0. The van der Waals surface area contributed by atoms with Gasteiger partial charge in [0.15, 0.2) is 0 Å². The molecule has 0 aliphatic heterocycles. The molecule has 3 aromatic rings. The van der Waals surface area contributed by atoms with Crippen LogP contribution in [-0.4, -0.2) is 36.0 Å². The summed E-state index contributed by atoms with van der Waals surface area (Å²) < 4.78 is 18.7. The highest BCUT2D eigenvalue weighted by Crippen LogP contribution is 2.24. The lowest BCUT2D eigenvalue weighted by Crippen LogP contribution is -2.29. The first-order valence-electron chi connectivity index (χ1n) is 8.86. The quantitative estimate of drug-likeness (QED) is 0.538. The number of rotatable bonds is 7. The van der Waals surface area contributed by atoms with Crippen molar-refractivity contribution in [3.05, 3.63) is 77.1 Å². The van der Waals surface area contributed by atoms with Gasteiger partial charge in [-0.15, -0.1) is 11.3 Å². The lowest BCUT2D eigenvalue weighted by atomic mass is 10.2. The van der Waals surface area contributed by atoms with Crippen LogP contribution in [0, 0.1) is 12.7 Å². The van der Waals surface area contributed by atoms with Crippen molar-refractivity contribution >= 4 is 23.3 Å². The third-order valence-corrected chi connectivity index (χ3v) is 5.07. The largest absolute Gasteiger partial charge is 0.491 e. The molecule has 1 amide bonds. The van der Waals surface area contributed by atoms with Crippen LogP contribution < -0.4 is 4.74 Å². The van der Waals surface area contributed by atoms with Gasteiger partial charge in [-0.3, -0.25) is 4.79 Å². The van der Waals surface area contributed by atoms with Gasteiger partial charge in [0.25, 0.3) is 0 Å². The van der Waals surface area contributed by atoms with E-state index in [2.05, 4.69) is 4.98 Å². The van der Waals surface area contributed by atoms with E-state index in [-0.39, 0.29) is 11.7 Å². The number of nitrogens with zero attached hydrogens (tertiary/aromatic N) is 2. The molecule has 4 nitrogen and oxygen atoms in total. The lowest BCUT2D eigenvalue weighted by Gasteiger charge is -2.16. The summed E-state index contributed by atoms with van der Waals surface area (Å²) in [4.78, 5) is 18.3. The molecule has 1 aromatic heterocycles. The van der Waals surface area contributed by atoms with Gasteiger partial charge >= 0.3 is 0 Å². The number of aromatic nitrogens is 1. The monoisotopic (exact) mass is 396 g/mol. The molecular formula is C22H21FN2O2S. The first kappa shape index (κ1) is 19.8. The van der Waals surface area contributed by atoms with Gasteiger partial charge in [-0.05, 0) is 48.9 Å². The van der Waals surface area contributed by atoms with E-state index in [1.807, 2.05) is 36.6 Å². The molecule has 0 saturated carbocycles. The van der Waals surface area contributed by atoms with Crippen molar-refractivity contribution < 1.29 is 13.9 Å². The fourth-order valence-corrected chi connectivity index (χ4v) is 3.29. The molecule has 0 saturated heterocycles. The molecule has 144 valence electrons. The van der Waals surface area contributed by atoms with Crippen LogP contribution in [0.3, 0.4) is 0 Å². The molecule has 3 rings (SSSR count). The number of amides is 1. The number of carbonyl (C=O) groups is 1. The molecule has 0 unspecified atom stereocenters. The maximum absolute atomic E-state index is 13.0. The van der Waals surface area contributed by atoms with Crippen molar-refractivity contribution in [1.82, 2.24) is 9.88 Å². The Kier molecular flexibility index (Phi) is 6.55. The Labute approximate surface area is 167 Å². The number of aryl methyl sites for hydroxylation is 1. The first-order chi connectivity index (χ1) is 13.5. The van der Waals surface area contributed by atoms with Gasteiger partial charge in [-0.1, -0.05) is 18.2 Å². The van der Waals surface area contributed by atoms with Gasteiger partial charge in [-0.2, -0.15) is 0 Å². The lowest BCUT2D eigenvalue weighted by molar-refractivity contribution is -0.125. The molecule has 1 heterocycles. The zero-order valence-electron chi connectivity index (χ0n) is 15.8. The number of thiazole rings is 1. The van der Waals surface area contributed by atoms with E-state index in [4.69, 9.17) is 4.74 Å². The van der Waals surface area contributed by atoms with Crippen LogP contribution >= 0.6 is 11.3 Å². The van der Waals surface area contributed by atoms with E-state index < -0.39 is 0 Å². The molecule has 28 heavy (non-hydrogen) atoms. The first-order valence-corrected chi connectivity index (χ1v) is 9.74. The summed E-state index contributed by atoms with van der Waals surface area (Å²) in [5.41, 5.74) is 2.61. The van der Waals surface area contributed by atoms with Crippen LogP contribution in [0.25, 0.3) is 16.6 Å². The van der Waals surface area contributed by atoms with Crippen LogP contribution in [0.4, 0.5) is 4.39 Å². The van der Waals surface area contributed by atoms with Gasteiger partial charge in [0, 0.05) is 24.1 Å². The predicted octanol–water partition coefficient (Wildman–Crippen LogP) is 4.81. The van der Waals surface area contributed by atoms with Crippen molar-refractivity contribution in [2.45, 2.75) is 6.92 Å². The molecule has 0 fully saturated rings. The van der Waals surface area contributed by atoms with Crippen molar-refractivity contribution in [3.63, 3.8) is 0 Å². The minimum Gasteiger partial charge on any atom is -0.491 e. The van der Waals surface area contributed by atoms with Crippen LogP contribution in [0.15, 0.2) is 60.0 Å². The van der Waals surface area contributed by atoms with E-state index >= 15 is 0 Å². The van der Waals surface area contributed by atoms with E-state index in [1.54, 1.807) is 30.2 Å². The van der Waals surface area contributed by atoms with E-state index in [9.17, 15) is 9.18 Å². The molecule has 0 bridgehead atoms. The molecule has 0 aliphatic rings. The van der Waals surface area contributed by atoms with Gasteiger partial charge in [0.2, 0.25) is 5.91 Å². The third kappa shape index (κ3) is 5.27.